The summed E-state index contributed by atoms with van der Waals surface area (Å²) in [5.41, 5.74) is 5.86. The summed E-state index contributed by atoms with van der Waals surface area (Å²) in [5.74, 6) is -0.686. The van der Waals surface area contributed by atoms with E-state index in [9.17, 15) is 13.2 Å². The van der Waals surface area contributed by atoms with E-state index < -0.39 is 15.9 Å². The fourth-order valence-electron chi connectivity index (χ4n) is 1.59. The Hall–Kier alpha value is -1.41. The topological polar surface area (TPSA) is 109 Å². The van der Waals surface area contributed by atoms with Crippen molar-refractivity contribution in [2.75, 3.05) is 13.1 Å². The maximum Gasteiger partial charge on any atom is 0.247 e. The third-order valence-electron chi connectivity index (χ3n) is 2.34. The highest BCUT2D eigenvalue weighted by Gasteiger charge is 2.29. The number of aromatic amines is 1. The summed E-state index contributed by atoms with van der Waals surface area (Å²) in [5, 5.41) is 6.43. The normalized spacial score (nSPS) is 12.0. The van der Waals surface area contributed by atoms with Gasteiger partial charge in [-0.25, -0.2) is 8.42 Å². The molecule has 1 heterocycles. The van der Waals surface area contributed by atoms with E-state index >= 15 is 0 Å². The number of primary amides is 1. The van der Waals surface area contributed by atoms with Gasteiger partial charge in [0.15, 0.2) is 0 Å². The highest BCUT2D eigenvalue weighted by atomic mass is 32.2. The van der Waals surface area contributed by atoms with Crippen molar-refractivity contribution in [3.8, 4) is 0 Å². The fraction of sp³-hybridized carbons (Fsp3) is 0.556. The van der Waals surface area contributed by atoms with Crippen LogP contribution in [0.4, 0.5) is 0 Å². The Bertz CT molecular complexity index is 501. The molecule has 0 saturated carbocycles. The van der Waals surface area contributed by atoms with E-state index in [0.29, 0.717) is 11.4 Å². The van der Waals surface area contributed by atoms with E-state index in [1.54, 1.807) is 20.8 Å². The molecular formula is C9H16N4O3S. The lowest BCUT2D eigenvalue weighted by Crippen LogP contribution is -2.38. The van der Waals surface area contributed by atoms with Crippen LogP contribution in [0.2, 0.25) is 0 Å². The predicted octanol–water partition coefficient (Wildman–Crippen LogP) is -0.478. The zero-order valence-corrected chi connectivity index (χ0v) is 10.8. The van der Waals surface area contributed by atoms with Crippen molar-refractivity contribution in [2.24, 2.45) is 5.73 Å². The SMILES string of the molecule is CCN(CC(N)=O)S(=O)(=O)c1c(C)n[nH]c1C. The Morgan fingerprint density at radius 2 is 2.06 bits per heavy atom. The van der Waals surface area contributed by atoms with Crippen molar-refractivity contribution >= 4 is 15.9 Å². The zero-order valence-electron chi connectivity index (χ0n) is 10.0. The molecule has 0 aliphatic carbocycles. The second-order valence-corrected chi connectivity index (χ2v) is 5.54. The number of H-pyrrole nitrogens is 1. The van der Waals surface area contributed by atoms with Gasteiger partial charge in [0, 0.05) is 6.54 Å². The first-order valence-electron chi connectivity index (χ1n) is 5.10. The average Bonchev–Trinajstić information content (AvgIpc) is 2.54. The number of nitrogens with two attached hydrogens (primary N) is 1. The van der Waals surface area contributed by atoms with Crippen LogP contribution < -0.4 is 5.73 Å². The molecule has 17 heavy (non-hydrogen) atoms. The predicted molar refractivity (Wildman–Crippen MR) is 61.7 cm³/mol. The summed E-state index contributed by atoms with van der Waals surface area (Å²) in [6, 6.07) is 0. The summed E-state index contributed by atoms with van der Waals surface area (Å²) in [6.07, 6.45) is 0. The molecule has 1 aromatic rings. The van der Waals surface area contributed by atoms with Crippen LogP contribution in [0.1, 0.15) is 18.3 Å². The minimum atomic E-state index is -3.73. The van der Waals surface area contributed by atoms with Crippen molar-refractivity contribution in [1.29, 1.82) is 0 Å². The molecule has 1 amide bonds. The minimum absolute atomic E-state index is 0.112. The van der Waals surface area contributed by atoms with E-state index in [-0.39, 0.29) is 18.0 Å². The molecule has 1 rings (SSSR count). The molecule has 0 aliphatic heterocycles. The molecule has 3 N–H and O–H groups in total. The Kier molecular flexibility index (Phi) is 3.89. The number of carbonyl (C=O) groups is 1. The van der Waals surface area contributed by atoms with Gasteiger partial charge in [-0.15, -0.1) is 0 Å². The third-order valence-corrected chi connectivity index (χ3v) is 4.53. The second-order valence-electron chi connectivity index (χ2n) is 3.66. The van der Waals surface area contributed by atoms with Crippen molar-refractivity contribution in [1.82, 2.24) is 14.5 Å². The number of hydrogen-bond donors (Lipinski definition) is 2. The van der Waals surface area contributed by atoms with Gasteiger partial charge in [0.25, 0.3) is 0 Å². The molecular weight excluding hydrogens is 244 g/mol. The van der Waals surface area contributed by atoms with E-state index in [1.165, 1.54) is 0 Å². The van der Waals surface area contributed by atoms with Gasteiger partial charge in [0.1, 0.15) is 4.90 Å². The quantitative estimate of drug-likeness (QED) is 0.745. The van der Waals surface area contributed by atoms with Crippen LogP contribution in [0, 0.1) is 13.8 Å². The Morgan fingerprint density at radius 1 is 1.47 bits per heavy atom. The molecule has 96 valence electrons. The van der Waals surface area contributed by atoms with Crippen molar-refractivity contribution in [2.45, 2.75) is 25.7 Å². The van der Waals surface area contributed by atoms with Gasteiger partial charge in [0.05, 0.1) is 17.9 Å². The number of aryl methyl sites for hydroxylation is 2. The van der Waals surface area contributed by atoms with Crippen LogP contribution in [0.5, 0.6) is 0 Å². The fourth-order valence-corrected chi connectivity index (χ4v) is 3.34. The summed E-state index contributed by atoms with van der Waals surface area (Å²) in [7, 11) is -3.73. The maximum absolute atomic E-state index is 12.3. The lowest BCUT2D eigenvalue weighted by atomic mass is 10.4. The third kappa shape index (κ3) is 2.64. The summed E-state index contributed by atoms with van der Waals surface area (Å²) in [6.45, 7) is 4.70. The lowest BCUT2D eigenvalue weighted by molar-refractivity contribution is -0.118. The second kappa shape index (κ2) is 4.84. The molecule has 0 radical (unpaired) electrons. The number of nitrogens with zero attached hydrogens (tertiary/aromatic N) is 2. The van der Waals surface area contributed by atoms with Crippen LogP contribution in [0.3, 0.4) is 0 Å². The summed E-state index contributed by atoms with van der Waals surface area (Å²) >= 11 is 0. The van der Waals surface area contributed by atoms with Gasteiger partial charge < -0.3 is 5.73 Å². The van der Waals surface area contributed by atoms with Crippen LogP contribution in [-0.4, -0.2) is 41.9 Å². The molecule has 0 fully saturated rings. The summed E-state index contributed by atoms with van der Waals surface area (Å²) < 4.78 is 25.5. The molecule has 0 aromatic carbocycles. The van der Waals surface area contributed by atoms with Crippen LogP contribution in [0.15, 0.2) is 4.90 Å². The Morgan fingerprint density at radius 3 is 2.41 bits per heavy atom. The van der Waals surface area contributed by atoms with Gasteiger partial charge in [0.2, 0.25) is 15.9 Å². The molecule has 0 atom stereocenters. The molecule has 0 aliphatic rings. The van der Waals surface area contributed by atoms with Crippen molar-refractivity contribution in [3.05, 3.63) is 11.4 Å². The average molecular weight is 260 g/mol. The van der Waals surface area contributed by atoms with Crippen LogP contribution >= 0.6 is 0 Å². The number of nitrogens with one attached hydrogen (secondary N) is 1. The minimum Gasteiger partial charge on any atom is -0.369 e. The molecule has 1 aromatic heterocycles. The number of aromatic nitrogens is 2. The Balaban J connectivity index is 3.22. The first-order valence-corrected chi connectivity index (χ1v) is 6.54. The standard InChI is InChI=1S/C9H16N4O3S/c1-4-13(5-8(10)14)17(15,16)9-6(2)11-12-7(9)3/h4-5H2,1-3H3,(H2,10,14)(H,11,12). The first kappa shape index (κ1) is 13.7. The van der Waals surface area contributed by atoms with Crippen LogP contribution in [0.25, 0.3) is 0 Å². The number of rotatable bonds is 5. The smallest absolute Gasteiger partial charge is 0.247 e. The molecule has 0 bridgehead atoms. The summed E-state index contributed by atoms with van der Waals surface area (Å²) in [4.78, 5) is 11.0. The van der Waals surface area contributed by atoms with E-state index in [1.807, 2.05) is 0 Å². The van der Waals surface area contributed by atoms with E-state index in [0.717, 1.165) is 4.31 Å². The lowest BCUT2D eigenvalue weighted by Gasteiger charge is -2.18. The van der Waals surface area contributed by atoms with Crippen molar-refractivity contribution in [3.63, 3.8) is 0 Å². The maximum atomic E-state index is 12.3. The van der Waals surface area contributed by atoms with Crippen LogP contribution in [-0.2, 0) is 14.8 Å². The highest BCUT2D eigenvalue weighted by Crippen LogP contribution is 2.20. The molecule has 7 nitrogen and oxygen atoms in total. The Labute approximate surface area is 100 Å². The van der Waals surface area contributed by atoms with Crippen molar-refractivity contribution < 1.29 is 13.2 Å². The number of carbonyl (C=O) groups excluding carboxylic acids is 1. The molecule has 8 heteroatoms. The van der Waals surface area contributed by atoms with Gasteiger partial charge in [-0.3, -0.25) is 9.89 Å². The number of likely N-dealkylation sites (N-methyl/N-ethyl adjacent to an activating group) is 1. The molecule has 0 spiro atoms. The number of sulfonamides is 1. The van der Waals surface area contributed by atoms with E-state index in [4.69, 9.17) is 5.73 Å². The van der Waals surface area contributed by atoms with Gasteiger partial charge >= 0.3 is 0 Å². The van der Waals surface area contributed by atoms with Gasteiger partial charge in [-0.2, -0.15) is 9.40 Å². The van der Waals surface area contributed by atoms with E-state index in [2.05, 4.69) is 10.2 Å². The monoisotopic (exact) mass is 260 g/mol. The van der Waals surface area contributed by atoms with Gasteiger partial charge in [-0.1, -0.05) is 6.92 Å². The number of hydrogen-bond acceptors (Lipinski definition) is 4. The largest absolute Gasteiger partial charge is 0.369 e. The molecule has 0 saturated heterocycles. The zero-order chi connectivity index (χ0) is 13.2. The highest BCUT2D eigenvalue weighted by molar-refractivity contribution is 7.89. The van der Waals surface area contributed by atoms with Gasteiger partial charge in [-0.05, 0) is 13.8 Å². The first-order chi connectivity index (χ1) is 7.80. The number of amides is 1. The molecule has 0 unspecified atom stereocenters.